The third-order valence-corrected chi connectivity index (χ3v) is 9.56. The van der Waals surface area contributed by atoms with E-state index in [0.29, 0.717) is 11.5 Å². The van der Waals surface area contributed by atoms with Gasteiger partial charge < -0.3 is 4.98 Å². The molecule has 28 heavy (non-hydrogen) atoms. The Kier molecular flexibility index (Phi) is 4.37. The second kappa shape index (κ2) is 6.47. The summed E-state index contributed by atoms with van der Waals surface area (Å²) in [7, 11) is -1.12. The molecule has 4 aliphatic rings. The minimum atomic E-state index is -1.12. The van der Waals surface area contributed by atoms with E-state index in [1.54, 1.807) is 0 Å². The lowest BCUT2D eigenvalue weighted by Crippen LogP contribution is -2.54. The third kappa shape index (κ3) is 3.10. The van der Waals surface area contributed by atoms with Crippen LogP contribution in [0.3, 0.4) is 0 Å². The summed E-state index contributed by atoms with van der Waals surface area (Å²) < 4.78 is 0.754. The first-order chi connectivity index (χ1) is 13.3. The molecule has 152 valence electrons. The van der Waals surface area contributed by atoms with Crippen molar-refractivity contribution >= 4 is 29.6 Å². The zero-order valence-electron chi connectivity index (χ0n) is 17.1. The zero-order chi connectivity index (χ0) is 19.6. The molecular weight excluding hydrogens is 386 g/mol. The Morgan fingerprint density at radius 2 is 1.93 bits per heavy atom. The number of H-pyrrole nitrogens is 1. The van der Waals surface area contributed by atoms with Crippen molar-refractivity contribution in [2.45, 2.75) is 69.6 Å². The fourth-order valence-corrected chi connectivity index (χ4v) is 7.80. The van der Waals surface area contributed by atoms with Gasteiger partial charge in [-0.15, -0.1) is 11.3 Å². The molecule has 8 heteroatoms. The predicted molar refractivity (Wildman–Crippen MR) is 117 cm³/mol. The molecule has 0 spiro atoms. The first-order valence-electron chi connectivity index (χ1n) is 10.5. The van der Waals surface area contributed by atoms with Crippen molar-refractivity contribution in [2.75, 3.05) is 12.7 Å². The molecule has 3 heterocycles. The van der Waals surface area contributed by atoms with Gasteiger partial charge in [0, 0.05) is 24.2 Å². The number of hydrogen-bond acceptors (Lipinski definition) is 6. The lowest BCUT2D eigenvalue weighted by molar-refractivity contribution is 0.00966. The monoisotopic (exact) mass is 417 g/mol. The number of hydrazine groups is 2. The number of thiophene rings is 1. The van der Waals surface area contributed by atoms with E-state index in [9.17, 15) is 4.79 Å². The average molecular weight is 418 g/mol. The Balaban J connectivity index is 1.33. The fraction of sp³-hybridized carbons (Fsp3) is 0.700. The standard InChI is InChI=1S/C20H31N5OSSi/c1-28(2,3)13-25-12-15(23-24-25)19-5-8-20(9-6-19,10-7-19)18-21-14-4-11-27-16(14)17(26)22-18/h4,11,15,23-24H,5-10,12-13H2,1-3H3,(H,21,22,26). The van der Waals surface area contributed by atoms with Gasteiger partial charge in [0.05, 0.1) is 13.6 Å². The smallest absolute Gasteiger partial charge is 0.268 e. The summed E-state index contributed by atoms with van der Waals surface area (Å²) in [6.07, 6.45) is 8.26. The van der Waals surface area contributed by atoms with Crippen molar-refractivity contribution in [3.63, 3.8) is 0 Å². The summed E-state index contributed by atoms with van der Waals surface area (Å²) in [5.74, 6) is 0.939. The summed E-state index contributed by atoms with van der Waals surface area (Å²) in [5.41, 5.74) is 8.44. The summed E-state index contributed by atoms with van der Waals surface area (Å²) in [6, 6.07) is 2.50. The van der Waals surface area contributed by atoms with E-state index in [4.69, 9.17) is 4.98 Å². The Morgan fingerprint density at radius 1 is 1.21 bits per heavy atom. The summed E-state index contributed by atoms with van der Waals surface area (Å²) in [4.78, 5) is 20.5. The van der Waals surface area contributed by atoms with Crippen LogP contribution in [0.4, 0.5) is 0 Å². The minimum Gasteiger partial charge on any atom is -0.309 e. The lowest BCUT2D eigenvalue weighted by Gasteiger charge is -2.55. The first kappa shape index (κ1) is 18.9. The average Bonchev–Trinajstić information content (AvgIpc) is 3.32. The molecule has 1 saturated heterocycles. The quantitative estimate of drug-likeness (QED) is 0.667. The van der Waals surface area contributed by atoms with Gasteiger partial charge in [-0.25, -0.2) is 15.4 Å². The number of rotatable bonds is 4. The van der Waals surface area contributed by atoms with E-state index in [1.165, 1.54) is 36.8 Å². The molecule has 4 fully saturated rings. The molecular formula is C20H31N5OSSi. The Morgan fingerprint density at radius 3 is 2.61 bits per heavy atom. The van der Waals surface area contributed by atoms with Crippen LogP contribution in [0.2, 0.25) is 19.6 Å². The number of aromatic nitrogens is 2. The van der Waals surface area contributed by atoms with Crippen LogP contribution in [0.25, 0.3) is 10.2 Å². The number of nitrogens with zero attached hydrogens (tertiary/aromatic N) is 2. The second-order valence-electron chi connectivity index (χ2n) is 10.4. The second-order valence-corrected chi connectivity index (χ2v) is 16.8. The highest BCUT2D eigenvalue weighted by atomic mass is 32.1. The molecule has 6 nitrogen and oxygen atoms in total. The Labute approximate surface area is 171 Å². The van der Waals surface area contributed by atoms with E-state index >= 15 is 0 Å². The summed E-state index contributed by atoms with van der Waals surface area (Å²) in [5, 5.41) is 4.37. The molecule has 1 atom stereocenters. The summed E-state index contributed by atoms with van der Waals surface area (Å²) >= 11 is 1.48. The van der Waals surface area contributed by atoms with Gasteiger partial charge in [-0.2, -0.15) is 5.53 Å². The van der Waals surface area contributed by atoms with Gasteiger partial charge in [-0.3, -0.25) is 4.79 Å². The molecule has 1 aliphatic heterocycles. The molecule has 2 aromatic heterocycles. The van der Waals surface area contributed by atoms with Crippen molar-refractivity contribution in [1.29, 1.82) is 0 Å². The van der Waals surface area contributed by atoms with Gasteiger partial charge >= 0.3 is 0 Å². The molecule has 3 aliphatic carbocycles. The molecule has 2 bridgehead atoms. The SMILES string of the molecule is C[Si](C)(C)CN1CC(C23CCC(c4nc5ccsc5c(=O)[nH]4)(CC2)CC3)NN1. The van der Waals surface area contributed by atoms with Crippen LogP contribution in [-0.2, 0) is 5.41 Å². The summed E-state index contributed by atoms with van der Waals surface area (Å²) in [6.45, 7) is 8.38. The normalized spacial score (nSPS) is 33.8. The molecule has 0 aromatic carbocycles. The van der Waals surface area contributed by atoms with Crippen LogP contribution >= 0.6 is 11.3 Å². The molecule has 6 rings (SSSR count). The van der Waals surface area contributed by atoms with E-state index in [0.717, 1.165) is 41.8 Å². The van der Waals surface area contributed by atoms with Crippen LogP contribution in [0.1, 0.15) is 44.3 Å². The molecule has 3 N–H and O–H groups in total. The highest BCUT2D eigenvalue weighted by molar-refractivity contribution is 7.17. The van der Waals surface area contributed by atoms with Crippen molar-refractivity contribution in [1.82, 2.24) is 25.9 Å². The molecule has 1 unspecified atom stereocenters. The first-order valence-corrected chi connectivity index (χ1v) is 15.1. The number of nitrogens with one attached hydrogen (secondary N) is 3. The molecule has 0 amide bonds. The van der Waals surface area contributed by atoms with Gasteiger partial charge in [0.25, 0.3) is 5.56 Å². The highest BCUT2D eigenvalue weighted by Gasteiger charge is 2.54. The Hall–Kier alpha value is -1.06. The maximum atomic E-state index is 12.5. The highest BCUT2D eigenvalue weighted by Crippen LogP contribution is 2.58. The maximum absolute atomic E-state index is 12.5. The molecule has 3 saturated carbocycles. The number of hydrogen-bond donors (Lipinski definition) is 3. The van der Waals surface area contributed by atoms with Gasteiger partial charge in [-0.1, -0.05) is 19.6 Å². The van der Waals surface area contributed by atoms with E-state index in [1.807, 2.05) is 11.4 Å². The van der Waals surface area contributed by atoms with Gasteiger partial charge in [0.15, 0.2) is 0 Å². The van der Waals surface area contributed by atoms with Crippen molar-refractivity contribution in [3.05, 3.63) is 27.6 Å². The largest absolute Gasteiger partial charge is 0.309 e. The van der Waals surface area contributed by atoms with Gasteiger partial charge in [-0.05, 0) is 55.4 Å². The van der Waals surface area contributed by atoms with E-state index in [2.05, 4.69) is 40.6 Å². The number of fused-ring (bicyclic) bond motifs is 4. The zero-order valence-corrected chi connectivity index (χ0v) is 18.9. The van der Waals surface area contributed by atoms with Gasteiger partial charge in [0.1, 0.15) is 10.5 Å². The van der Waals surface area contributed by atoms with E-state index in [-0.39, 0.29) is 11.0 Å². The topological polar surface area (TPSA) is 73.0 Å². The molecule has 0 radical (unpaired) electrons. The molecule has 2 aromatic rings. The van der Waals surface area contributed by atoms with Crippen LogP contribution < -0.4 is 16.5 Å². The van der Waals surface area contributed by atoms with Crippen LogP contribution in [0.15, 0.2) is 16.2 Å². The van der Waals surface area contributed by atoms with Crippen molar-refractivity contribution in [3.8, 4) is 0 Å². The predicted octanol–water partition coefficient (Wildman–Crippen LogP) is 3.15. The number of aromatic amines is 1. The van der Waals surface area contributed by atoms with Crippen molar-refractivity contribution in [2.24, 2.45) is 5.41 Å². The third-order valence-electron chi connectivity index (χ3n) is 7.33. The van der Waals surface area contributed by atoms with Crippen LogP contribution in [-0.4, -0.2) is 41.8 Å². The Bertz CT molecular complexity index is 923. The van der Waals surface area contributed by atoms with Crippen LogP contribution in [0.5, 0.6) is 0 Å². The lowest BCUT2D eigenvalue weighted by atomic mass is 9.51. The minimum absolute atomic E-state index is 0.0374. The van der Waals surface area contributed by atoms with Crippen LogP contribution in [0, 0.1) is 5.41 Å². The van der Waals surface area contributed by atoms with Gasteiger partial charge in [0.2, 0.25) is 0 Å². The van der Waals surface area contributed by atoms with E-state index < -0.39 is 8.07 Å². The van der Waals surface area contributed by atoms with Crippen molar-refractivity contribution < 1.29 is 0 Å². The maximum Gasteiger partial charge on any atom is 0.268 e. The fourth-order valence-electron chi connectivity index (χ4n) is 5.72.